The summed E-state index contributed by atoms with van der Waals surface area (Å²) in [5.74, 6) is 0.0280. The molecule has 0 aliphatic heterocycles. The van der Waals surface area contributed by atoms with Gasteiger partial charge in [-0.1, -0.05) is 0 Å². The summed E-state index contributed by atoms with van der Waals surface area (Å²) in [6.45, 7) is 4.70. The molecule has 0 N–H and O–H groups in total. The highest BCUT2D eigenvalue weighted by Gasteiger charge is 2.15. The van der Waals surface area contributed by atoms with Gasteiger partial charge < -0.3 is 4.42 Å². The summed E-state index contributed by atoms with van der Waals surface area (Å²) >= 11 is 3.21. The van der Waals surface area contributed by atoms with E-state index in [4.69, 9.17) is 4.42 Å². The number of Topliss-reactive ketones (excluding diaryl/α,β-unsaturated/α-hetero) is 1. The van der Waals surface area contributed by atoms with Crippen LogP contribution in [0.4, 0.5) is 0 Å². The topological polar surface area (TPSA) is 48.0 Å². The smallest absolute Gasteiger partial charge is 0.179 e. The number of ketones is 1. The molecule has 0 unspecified atom stereocenters. The van der Waals surface area contributed by atoms with Gasteiger partial charge in [-0.3, -0.25) is 9.48 Å². The number of carbonyl (C=O) groups is 1. The lowest BCUT2D eigenvalue weighted by molar-refractivity contribution is 0.0989. The SMILES string of the molecule is CCn1nc(C)cc1CC(=O)c1ccoc1Br. The number of carbonyl (C=O) groups excluding carboxylic acids is 1. The van der Waals surface area contributed by atoms with Gasteiger partial charge in [0.2, 0.25) is 0 Å². The summed E-state index contributed by atoms with van der Waals surface area (Å²) in [4.78, 5) is 12.0. The van der Waals surface area contributed by atoms with E-state index in [1.165, 1.54) is 6.26 Å². The summed E-state index contributed by atoms with van der Waals surface area (Å²) < 4.78 is 7.39. The molecule has 0 radical (unpaired) electrons. The Morgan fingerprint density at radius 2 is 2.35 bits per heavy atom. The van der Waals surface area contributed by atoms with Crippen LogP contribution in [-0.2, 0) is 13.0 Å². The minimum atomic E-state index is 0.0280. The second kappa shape index (κ2) is 4.87. The van der Waals surface area contributed by atoms with Gasteiger partial charge in [0.25, 0.3) is 0 Å². The number of aryl methyl sites for hydroxylation is 2. The van der Waals surface area contributed by atoms with E-state index in [9.17, 15) is 4.79 Å². The number of rotatable bonds is 4. The van der Waals surface area contributed by atoms with Crippen LogP contribution in [0.3, 0.4) is 0 Å². The Bertz CT molecular complexity index is 542. The fourth-order valence-electron chi connectivity index (χ4n) is 1.77. The number of hydrogen-bond donors (Lipinski definition) is 0. The van der Waals surface area contributed by atoms with Crippen LogP contribution in [0.1, 0.15) is 28.7 Å². The normalized spacial score (nSPS) is 10.8. The molecule has 2 rings (SSSR count). The first kappa shape index (κ1) is 12.1. The summed E-state index contributed by atoms with van der Waals surface area (Å²) in [6.07, 6.45) is 1.84. The molecule has 5 heteroatoms. The van der Waals surface area contributed by atoms with Gasteiger partial charge in [-0.05, 0) is 41.9 Å². The minimum absolute atomic E-state index is 0.0280. The molecule has 0 saturated carbocycles. The number of aromatic nitrogens is 2. The van der Waals surface area contributed by atoms with E-state index in [-0.39, 0.29) is 5.78 Å². The Kier molecular flexibility index (Phi) is 3.47. The molecule has 0 atom stereocenters. The molecule has 0 fully saturated rings. The third-order valence-electron chi connectivity index (χ3n) is 2.55. The van der Waals surface area contributed by atoms with Crippen LogP contribution >= 0.6 is 15.9 Å². The first-order chi connectivity index (χ1) is 8.11. The van der Waals surface area contributed by atoms with Crippen molar-refractivity contribution in [2.24, 2.45) is 0 Å². The Labute approximate surface area is 108 Å². The van der Waals surface area contributed by atoms with Gasteiger partial charge in [-0.2, -0.15) is 5.10 Å². The van der Waals surface area contributed by atoms with Crippen molar-refractivity contribution >= 4 is 21.7 Å². The highest BCUT2D eigenvalue weighted by atomic mass is 79.9. The van der Waals surface area contributed by atoms with E-state index in [0.29, 0.717) is 16.7 Å². The van der Waals surface area contributed by atoms with Crippen molar-refractivity contribution < 1.29 is 9.21 Å². The zero-order chi connectivity index (χ0) is 12.4. The molecule has 0 aliphatic carbocycles. The van der Waals surface area contributed by atoms with Gasteiger partial charge in [0.05, 0.1) is 23.9 Å². The predicted molar refractivity (Wildman–Crippen MR) is 67.1 cm³/mol. The zero-order valence-electron chi connectivity index (χ0n) is 9.74. The van der Waals surface area contributed by atoms with E-state index >= 15 is 0 Å². The molecular formula is C12H13BrN2O2. The Hall–Kier alpha value is -1.36. The average molecular weight is 297 g/mol. The molecule has 0 aliphatic rings. The number of furan rings is 1. The van der Waals surface area contributed by atoms with Crippen LogP contribution in [-0.4, -0.2) is 15.6 Å². The second-order valence-electron chi connectivity index (χ2n) is 3.80. The molecule has 0 bridgehead atoms. The van der Waals surface area contributed by atoms with Gasteiger partial charge in [0.1, 0.15) is 0 Å². The van der Waals surface area contributed by atoms with Gasteiger partial charge in [-0.15, -0.1) is 0 Å². The standard InChI is InChI=1S/C12H13BrN2O2/c1-3-15-9(6-8(2)14-15)7-11(16)10-4-5-17-12(10)13/h4-6H,3,7H2,1-2H3. The molecule has 0 spiro atoms. The van der Waals surface area contributed by atoms with E-state index in [2.05, 4.69) is 21.0 Å². The van der Waals surface area contributed by atoms with Crippen molar-refractivity contribution in [2.75, 3.05) is 0 Å². The Morgan fingerprint density at radius 1 is 1.59 bits per heavy atom. The van der Waals surface area contributed by atoms with Crippen LogP contribution < -0.4 is 0 Å². The Balaban J connectivity index is 2.21. The number of halogens is 1. The van der Waals surface area contributed by atoms with Crippen molar-refractivity contribution in [3.8, 4) is 0 Å². The lowest BCUT2D eigenvalue weighted by Crippen LogP contribution is -2.09. The summed E-state index contributed by atoms with van der Waals surface area (Å²) in [5.41, 5.74) is 2.44. The molecule has 2 aromatic heterocycles. The summed E-state index contributed by atoms with van der Waals surface area (Å²) in [7, 11) is 0. The molecule has 4 nitrogen and oxygen atoms in total. The maximum Gasteiger partial charge on any atom is 0.179 e. The van der Waals surface area contributed by atoms with Gasteiger partial charge in [0, 0.05) is 12.2 Å². The van der Waals surface area contributed by atoms with Crippen LogP contribution in [0, 0.1) is 6.92 Å². The van der Waals surface area contributed by atoms with Crippen LogP contribution in [0.25, 0.3) is 0 Å². The molecule has 90 valence electrons. The number of nitrogens with zero attached hydrogens (tertiary/aromatic N) is 2. The average Bonchev–Trinajstić information content (AvgIpc) is 2.84. The quantitative estimate of drug-likeness (QED) is 0.815. The van der Waals surface area contributed by atoms with Crippen molar-refractivity contribution in [3.05, 3.63) is 40.0 Å². The number of hydrogen-bond acceptors (Lipinski definition) is 3. The largest absolute Gasteiger partial charge is 0.457 e. The van der Waals surface area contributed by atoms with Crippen molar-refractivity contribution in [3.63, 3.8) is 0 Å². The van der Waals surface area contributed by atoms with E-state index in [0.717, 1.165) is 17.9 Å². The third kappa shape index (κ3) is 2.49. The van der Waals surface area contributed by atoms with Crippen molar-refractivity contribution in [2.45, 2.75) is 26.8 Å². The van der Waals surface area contributed by atoms with Gasteiger partial charge in [-0.25, -0.2) is 0 Å². The van der Waals surface area contributed by atoms with Gasteiger partial charge in [0.15, 0.2) is 10.5 Å². The first-order valence-corrected chi connectivity index (χ1v) is 6.20. The van der Waals surface area contributed by atoms with Crippen LogP contribution in [0.5, 0.6) is 0 Å². The van der Waals surface area contributed by atoms with E-state index < -0.39 is 0 Å². The van der Waals surface area contributed by atoms with Crippen LogP contribution in [0.15, 0.2) is 27.5 Å². The van der Waals surface area contributed by atoms with Crippen molar-refractivity contribution in [1.29, 1.82) is 0 Å². The molecule has 0 amide bonds. The lowest BCUT2D eigenvalue weighted by atomic mass is 10.1. The maximum atomic E-state index is 12.0. The fraction of sp³-hybridized carbons (Fsp3) is 0.333. The molecule has 2 heterocycles. The second-order valence-corrected chi connectivity index (χ2v) is 4.52. The molecular weight excluding hydrogens is 284 g/mol. The monoisotopic (exact) mass is 296 g/mol. The van der Waals surface area contributed by atoms with Gasteiger partial charge >= 0.3 is 0 Å². The van der Waals surface area contributed by atoms with Crippen LogP contribution in [0.2, 0.25) is 0 Å². The van der Waals surface area contributed by atoms with E-state index in [1.807, 2.05) is 24.6 Å². The summed E-state index contributed by atoms with van der Waals surface area (Å²) in [5, 5.41) is 4.32. The van der Waals surface area contributed by atoms with Crippen molar-refractivity contribution in [1.82, 2.24) is 9.78 Å². The highest BCUT2D eigenvalue weighted by Crippen LogP contribution is 2.19. The maximum absolute atomic E-state index is 12.0. The molecule has 2 aromatic rings. The minimum Gasteiger partial charge on any atom is -0.457 e. The first-order valence-electron chi connectivity index (χ1n) is 5.41. The Morgan fingerprint density at radius 3 is 2.94 bits per heavy atom. The molecule has 17 heavy (non-hydrogen) atoms. The summed E-state index contributed by atoms with van der Waals surface area (Å²) in [6, 6.07) is 3.61. The highest BCUT2D eigenvalue weighted by molar-refractivity contribution is 9.10. The predicted octanol–water partition coefficient (Wildman–Crippen LogP) is 2.99. The third-order valence-corrected chi connectivity index (χ3v) is 3.16. The zero-order valence-corrected chi connectivity index (χ0v) is 11.3. The molecule has 0 saturated heterocycles. The lowest BCUT2D eigenvalue weighted by Gasteiger charge is -2.02. The fourth-order valence-corrected chi connectivity index (χ4v) is 2.23. The molecule has 0 aromatic carbocycles. The van der Waals surface area contributed by atoms with E-state index in [1.54, 1.807) is 6.07 Å².